The number of hydrogen-bond donors (Lipinski definition) is 1. The summed E-state index contributed by atoms with van der Waals surface area (Å²) in [6.07, 6.45) is 8.10. The van der Waals surface area contributed by atoms with Crippen molar-refractivity contribution < 1.29 is 5.11 Å². The van der Waals surface area contributed by atoms with E-state index in [1.807, 2.05) is 4.08 Å². The van der Waals surface area contributed by atoms with E-state index in [2.05, 4.69) is 42.5 Å². The lowest BCUT2D eigenvalue weighted by Crippen LogP contribution is -2.27. The van der Waals surface area contributed by atoms with Crippen molar-refractivity contribution in [2.24, 2.45) is 0 Å². The molecule has 2 heteroatoms. The van der Waals surface area contributed by atoms with E-state index in [0.29, 0.717) is 0 Å². The Bertz CT molecular complexity index is 145. The molecule has 0 aromatic carbocycles. The lowest BCUT2D eigenvalue weighted by Gasteiger charge is -2.26. The summed E-state index contributed by atoms with van der Waals surface area (Å²) in [6.45, 7) is 4.30. The number of hydrogen-bond acceptors (Lipinski definition) is 1. The molecule has 13 heavy (non-hydrogen) atoms. The third-order valence-electron chi connectivity index (χ3n) is 2.30. The molecule has 0 aromatic rings. The second-order valence-corrected chi connectivity index (χ2v) is 4.36. The maximum Gasteiger partial charge on any atom is 0.0682 e. The first kappa shape index (κ1) is 13.4. The Balaban J connectivity index is 3.98. The van der Waals surface area contributed by atoms with Crippen molar-refractivity contribution in [1.82, 2.24) is 0 Å². The Morgan fingerprint density at radius 2 is 1.92 bits per heavy atom. The summed E-state index contributed by atoms with van der Waals surface area (Å²) in [5, 5.41) is 10.2. The molecule has 1 atom stereocenters. The fourth-order valence-corrected chi connectivity index (χ4v) is 1.82. The maximum atomic E-state index is 10.2. The number of halogens is 1. The number of rotatable bonds is 7. The van der Waals surface area contributed by atoms with Gasteiger partial charge in [0.25, 0.3) is 0 Å². The summed E-state index contributed by atoms with van der Waals surface area (Å²) in [7, 11) is 0. The summed E-state index contributed by atoms with van der Waals surface area (Å²) < 4.78 is 1.99. The van der Waals surface area contributed by atoms with Gasteiger partial charge in [-0.25, -0.2) is 0 Å². The molecule has 0 saturated heterocycles. The van der Waals surface area contributed by atoms with Crippen LogP contribution in [0.4, 0.5) is 0 Å². The molecule has 0 aliphatic heterocycles. The molecule has 0 spiro atoms. The standard InChI is InChI=1S/C11H21IO/c1-3-5-8-11(13,7-4-2)9-6-10-12/h6,10,13H,3-5,7-9H2,1-2H3/b10-6+. The van der Waals surface area contributed by atoms with E-state index in [4.69, 9.17) is 0 Å². The molecule has 0 aliphatic carbocycles. The minimum Gasteiger partial charge on any atom is -0.390 e. The summed E-state index contributed by atoms with van der Waals surface area (Å²) in [4.78, 5) is 0. The second kappa shape index (κ2) is 7.80. The maximum absolute atomic E-state index is 10.2. The minimum atomic E-state index is -0.438. The van der Waals surface area contributed by atoms with E-state index in [1.54, 1.807) is 0 Å². The molecular formula is C11H21IO. The van der Waals surface area contributed by atoms with Crippen LogP contribution in [-0.4, -0.2) is 10.7 Å². The van der Waals surface area contributed by atoms with E-state index in [-0.39, 0.29) is 0 Å². The van der Waals surface area contributed by atoms with Crippen molar-refractivity contribution >= 4 is 22.6 Å². The first-order chi connectivity index (χ1) is 6.18. The summed E-state index contributed by atoms with van der Waals surface area (Å²) in [6, 6.07) is 0. The van der Waals surface area contributed by atoms with Crippen LogP contribution in [0.5, 0.6) is 0 Å². The topological polar surface area (TPSA) is 20.2 Å². The third-order valence-corrected chi connectivity index (χ3v) is 2.81. The van der Waals surface area contributed by atoms with E-state index in [9.17, 15) is 5.11 Å². The van der Waals surface area contributed by atoms with Gasteiger partial charge < -0.3 is 5.11 Å². The predicted molar refractivity (Wildman–Crippen MR) is 67.2 cm³/mol. The quantitative estimate of drug-likeness (QED) is 0.703. The highest BCUT2D eigenvalue weighted by Gasteiger charge is 2.22. The van der Waals surface area contributed by atoms with Gasteiger partial charge in [0.1, 0.15) is 0 Å². The highest BCUT2D eigenvalue weighted by atomic mass is 127. The van der Waals surface area contributed by atoms with Gasteiger partial charge in [-0.1, -0.05) is 61.8 Å². The van der Waals surface area contributed by atoms with Crippen molar-refractivity contribution in [3.63, 3.8) is 0 Å². The fraction of sp³-hybridized carbons (Fsp3) is 0.818. The molecule has 0 radical (unpaired) electrons. The monoisotopic (exact) mass is 296 g/mol. The van der Waals surface area contributed by atoms with E-state index in [0.717, 1.165) is 32.1 Å². The largest absolute Gasteiger partial charge is 0.390 e. The molecule has 0 amide bonds. The molecule has 0 bridgehead atoms. The Labute approximate surface area is 95.8 Å². The zero-order chi connectivity index (χ0) is 10.2. The average molecular weight is 296 g/mol. The fourth-order valence-electron chi connectivity index (χ4n) is 1.56. The SMILES string of the molecule is CCCCC(O)(C/C=C/I)CCC. The second-order valence-electron chi connectivity index (χ2n) is 3.64. The smallest absolute Gasteiger partial charge is 0.0682 e. The van der Waals surface area contributed by atoms with Gasteiger partial charge in [0.15, 0.2) is 0 Å². The van der Waals surface area contributed by atoms with Crippen LogP contribution in [-0.2, 0) is 0 Å². The van der Waals surface area contributed by atoms with Gasteiger partial charge in [-0.2, -0.15) is 0 Å². The predicted octanol–water partition coefficient (Wildman–Crippen LogP) is 4.05. The average Bonchev–Trinajstić information content (AvgIpc) is 2.12. The Kier molecular flexibility index (Phi) is 8.06. The molecule has 0 saturated carbocycles. The minimum absolute atomic E-state index is 0.438. The lowest BCUT2D eigenvalue weighted by molar-refractivity contribution is 0.0229. The van der Waals surface area contributed by atoms with E-state index >= 15 is 0 Å². The molecule has 0 rings (SSSR count). The summed E-state index contributed by atoms with van der Waals surface area (Å²) >= 11 is 2.20. The molecule has 78 valence electrons. The van der Waals surface area contributed by atoms with Gasteiger partial charge in [0, 0.05) is 0 Å². The van der Waals surface area contributed by atoms with Gasteiger partial charge in [-0.15, -0.1) is 0 Å². The van der Waals surface area contributed by atoms with Crippen molar-refractivity contribution in [3.05, 3.63) is 10.2 Å². The number of unbranched alkanes of at least 4 members (excludes halogenated alkanes) is 1. The van der Waals surface area contributed by atoms with Crippen LogP contribution in [0.1, 0.15) is 52.4 Å². The molecule has 0 heterocycles. The Morgan fingerprint density at radius 1 is 1.23 bits per heavy atom. The van der Waals surface area contributed by atoms with Crippen molar-refractivity contribution in [2.45, 2.75) is 58.0 Å². The zero-order valence-corrected chi connectivity index (χ0v) is 10.9. The molecular weight excluding hydrogens is 275 g/mol. The van der Waals surface area contributed by atoms with Gasteiger partial charge in [-0.3, -0.25) is 0 Å². The normalized spacial score (nSPS) is 16.3. The van der Waals surface area contributed by atoms with E-state index < -0.39 is 5.60 Å². The zero-order valence-electron chi connectivity index (χ0n) is 8.72. The lowest BCUT2D eigenvalue weighted by atomic mass is 9.89. The molecule has 0 aliphatic rings. The van der Waals surface area contributed by atoms with Gasteiger partial charge in [0.2, 0.25) is 0 Å². The third kappa shape index (κ3) is 6.49. The first-order valence-electron chi connectivity index (χ1n) is 5.16. The van der Waals surface area contributed by atoms with Crippen molar-refractivity contribution in [3.8, 4) is 0 Å². The highest BCUT2D eigenvalue weighted by Crippen LogP contribution is 2.24. The molecule has 1 nitrogen and oxygen atoms in total. The van der Waals surface area contributed by atoms with E-state index in [1.165, 1.54) is 6.42 Å². The van der Waals surface area contributed by atoms with Crippen LogP contribution in [0.3, 0.4) is 0 Å². The number of aliphatic hydroxyl groups is 1. The molecule has 1 N–H and O–H groups in total. The molecule has 0 fully saturated rings. The molecule has 0 aromatic heterocycles. The highest BCUT2D eigenvalue weighted by molar-refractivity contribution is 14.1. The summed E-state index contributed by atoms with van der Waals surface area (Å²) in [5.41, 5.74) is -0.438. The first-order valence-corrected chi connectivity index (χ1v) is 6.40. The van der Waals surface area contributed by atoms with Crippen LogP contribution in [0, 0.1) is 0 Å². The van der Waals surface area contributed by atoms with Crippen molar-refractivity contribution in [1.29, 1.82) is 0 Å². The van der Waals surface area contributed by atoms with Crippen LogP contribution in [0.25, 0.3) is 0 Å². The van der Waals surface area contributed by atoms with Gasteiger partial charge in [0.05, 0.1) is 5.60 Å². The van der Waals surface area contributed by atoms with Crippen molar-refractivity contribution in [2.75, 3.05) is 0 Å². The van der Waals surface area contributed by atoms with Crippen LogP contribution < -0.4 is 0 Å². The molecule has 1 unspecified atom stereocenters. The van der Waals surface area contributed by atoms with Crippen LogP contribution >= 0.6 is 22.6 Å². The van der Waals surface area contributed by atoms with Gasteiger partial charge >= 0.3 is 0 Å². The van der Waals surface area contributed by atoms with Gasteiger partial charge in [-0.05, 0) is 23.3 Å². The Hall–Kier alpha value is 0.430. The Morgan fingerprint density at radius 3 is 2.38 bits per heavy atom. The van der Waals surface area contributed by atoms with Crippen LogP contribution in [0.2, 0.25) is 0 Å². The summed E-state index contributed by atoms with van der Waals surface area (Å²) in [5.74, 6) is 0. The van der Waals surface area contributed by atoms with Crippen LogP contribution in [0.15, 0.2) is 10.2 Å².